The Labute approximate surface area is 209 Å². The van der Waals surface area contributed by atoms with Gasteiger partial charge in [-0.15, -0.1) is 0 Å². The second kappa shape index (κ2) is 9.29. The van der Waals surface area contributed by atoms with Crippen LogP contribution < -0.4 is 0 Å². The van der Waals surface area contributed by atoms with Crippen molar-refractivity contribution in [1.82, 2.24) is 9.80 Å². The van der Waals surface area contributed by atoms with E-state index in [4.69, 9.17) is 4.99 Å². The van der Waals surface area contributed by atoms with Crippen LogP contribution in [0.5, 0.6) is 0 Å². The maximum absolute atomic E-state index is 5.30. The summed E-state index contributed by atoms with van der Waals surface area (Å²) in [6, 6.07) is 1.47. The zero-order chi connectivity index (χ0) is 22.5. The summed E-state index contributed by atoms with van der Waals surface area (Å²) < 4.78 is 0. The molecule has 0 aromatic heterocycles. The molecule has 4 bridgehead atoms. The fourth-order valence-corrected chi connectivity index (χ4v) is 10.8. The molecule has 2 atom stereocenters. The molecular weight excluding hydrogens is 414 g/mol. The van der Waals surface area contributed by atoms with Gasteiger partial charge in [0.1, 0.15) is 0 Å². The summed E-state index contributed by atoms with van der Waals surface area (Å²) in [4.78, 5) is 11.0. The Balaban J connectivity index is 1.05. The number of guanidine groups is 1. The van der Waals surface area contributed by atoms with Crippen LogP contribution in [0.2, 0.25) is 0 Å². The summed E-state index contributed by atoms with van der Waals surface area (Å²) in [5.41, 5.74) is 0.707. The van der Waals surface area contributed by atoms with E-state index in [1.165, 1.54) is 103 Å². The third kappa shape index (κ3) is 4.34. The second-order valence-electron chi connectivity index (χ2n) is 14.4. The van der Waals surface area contributed by atoms with E-state index in [1.807, 2.05) is 0 Å². The normalized spacial score (nSPS) is 42.5. The van der Waals surface area contributed by atoms with Crippen LogP contribution in [0.25, 0.3) is 0 Å². The molecule has 0 spiro atoms. The smallest absolute Gasteiger partial charge is 0.197 e. The van der Waals surface area contributed by atoms with Gasteiger partial charge >= 0.3 is 0 Å². The summed E-state index contributed by atoms with van der Waals surface area (Å²) in [5, 5.41) is 0. The minimum atomic E-state index is 0.707. The lowest BCUT2D eigenvalue weighted by molar-refractivity contribution is -0.0597. The molecule has 0 radical (unpaired) electrons. The van der Waals surface area contributed by atoms with E-state index in [1.54, 1.807) is 38.5 Å². The number of hydrogen-bond donors (Lipinski definition) is 0. The predicted octanol–water partition coefficient (Wildman–Crippen LogP) is 7.26. The zero-order valence-electron chi connectivity index (χ0n) is 21.9. The van der Waals surface area contributed by atoms with Crippen LogP contribution in [0.15, 0.2) is 4.99 Å². The minimum Gasteiger partial charge on any atom is -0.338 e. The van der Waals surface area contributed by atoms with E-state index < -0.39 is 0 Å². The molecule has 34 heavy (non-hydrogen) atoms. The first-order valence-corrected chi connectivity index (χ1v) is 15.8. The predicted molar refractivity (Wildman–Crippen MR) is 141 cm³/mol. The van der Waals surface area contributed by atoms with Gasteiger partial charge in [0, 0.05) is 19.1 Å². The number of fused-ring (bicyclic) bond motifs is 1. The van der Waals surface area contributed by atoms with Crippen LogP contribution in [0.3, 0.4) is 0 Å². The van der Waals surface area contributed by atoms with E-state index in [2.05, 4.69) is 9.80 Å². The van der Waals surface area contributed by atoms with Gasteiger partial charge in [0.05, 0.1) is 12.6 Å². The van der Waals surface area contributed by atoms with Gasteiger partial charge in [-0.1, -0.05) is 64.2 Å². The van der Waals surface area contributed by atoms with Crippen LogP contribution in [-0.4, -0.2) is 47.5 Å². The summed E-state index contributed by atoms with van der Waals surface area (Å²) in [6.45, 7) is 3.71. The van der Waals surface area contributed by atoms with Crippen LogP contribution in [0.1, 0.15) is 122 Å². The molecule has 0 aromatic rings. The Morgan fingerprint density at radius 2 is 1.26 bits per heavy atom. The molecule has 8 rings (SSSR count). The first kappa shape index (κ1) is 22.5. The van der Waals surface area contributed by atoms with Crippen molar-refractivity contribution in [2.45, 2.75) is 134 Å². The SMILES string of the molecule is C1CCC(C[C@@H]2CN3C(=NC[C@@H]3CC3CCCCC3)N2CCC23CC4CC(CC(C4)C2)C3)CC1. The molecule has 0 N–H and O–H groups in total. The highest BCUT2D eigenvalue weighted by Gasteiger charge is 2.51. The Morgan fingerprint density at radius 1 is 0.706 bits per heavy atom. The summed E-state index contributed by atoms with van der Waals surface area (Å²) >= 11 is 0. The molecule has 3 heteroatoms. The van der Waals surface area contributed by atoms with Gasteiger partial charge in [0.15, 0.2) is 5.96 Å². The highest BCUT2D eigenvalue weighted by atomic mass is 15.5. The van der Waals surface area contributed by atoms with Crippen LogP contribution >= 0.6 is 0 Å². The van der Waals surface area contributed by atoms with Crippen molar-refractivity contribution in [3.05, 3.63) is 0 Å². The molecule has 2 aliphatic heterocycles. The average molecular weight is 466 g/mol. The molecular formula is C31H51N3. The van der Waals surface area contributed by atoms with Crippen molar-refractivity contribution in [3.8, 4) is 0 Å². The van der Waals surface area contributed by atoms with Gasteiger partial charge in [-0.25, -0.2) is 0 Å². The van der Waals surface area contributed by atoms with Crippen LogP contribution in [0.4, 0.5) is 0 Å². The summed E-state index contributed by atoms with van der Waals surface area (Å²) in [6.07, 6.45) is 28.7. The third-order valence-corrected chi connectivity index (χ3v) is 12.0. The van der Waals surface area contributed by atoms with Crippen molar-refractivity contribution in [2.24, 2.45) is 40.0 Å². The van der Waals surface area contributed by atoms with Crippen molar-refractivity contribution in [3.63, 3.8) is 0 Å². The van der Waals surface area contributed by atoms with E-state index in [9.17, 15) is 0 Å². The average Bonchev–Trinajstić information content (AvgIpc) is 3.37. The Kier molecular flexibility index (Phi) is 6.14. The number of nitrogens with zero attached hydrogens (tertiary/aromatic N) is 3. The number of hydrogen-bond acceptors (Lipinski definition) is 3. The Bertz CT molecular complexity index is 710. The van der Waals surface area contributed by atoms with Gasteiger partial charge in [-0.2, -0.15) is 0 Å². The van der Waals surface area contributed by atoms with Crippen LogP contribution in [0, 0.1) is 35.0 Å². The van der Waals surface area contributed by atoms with Gasteiger partial charge in [-0.3, -0.25) is 4.99 Å². The Hall–Kier alpha value is -0.730. The van der Waals surface area contributed by atoms with Gasteiger partial charge in [-0.05, 0) is 92.8 Å². The first-order valence-electron chi connectivity index (χ1n) is 15.8. The molecule has 6 aliphatic carbocycles. The molecule has 3 nitrogen and oxygen atoms in total. The minimum absolute atomic E-state index is 0.707. The monoisotopic (exact) mass is 465 g/mol. The fraction of sp³-hybridized carbons (Fsp3) is 0.968. The topological polar surface area (TPSA) is 18.8 Å². The van der Waals surface area contributed by atoms with Gasteiger partial charge < -0.3 is 9.80 Å². The third-order valence-electron chi connectivity index (χ3n) is 12.0. The van der Waals surface area contributed by atoms with E-state index >= 15 is 0 Å². The van der Waals surface area contributed by atoms with Gasteiger partial charge in [0.2, 0.25) is 0 Å². The van der Waals surface area contributed by atoms with Crippen molar-refractivity contribution < 1.29 is 0 Å². The zero-order valence-corrected chi connectivity index (χ0v) is 21.9. The molecule has 1 saturated heterocycles. The second-order valence-corrected chi connectivity index (χ2v) is 14.4. The lowest BCUT2D eigenvalue weighted by Gasteiger charge is -2.57. The van der Waals surface area contributed by atoms with E-state index in [0.717, 1.165) is 48.2 Å². The highest BCUT2D eigenvalue weighted by molar-refractivity contribution is 5.84. The number of rotatable bonds is 7. The summed E-state index contributed by atoms with van der Waals surface area (Å²) in [5.74, 6) is 6.67. The molecule has 0 aromatic carbocycles. The van der Waals surface area contributed by atoms with Crippen LogP contribution in [-0.2, 0) is 0 Å². The molecule has 2 heterocycles. The Morgan fingerprint density at radius 3 is 1.85 bits per heavy atom. The number of aliphatic imine (C=N–C) groups is 1. The summed E-state index contributed by atoms with van der Waals surface area (Å²) in [7, 11) is 0. The highest BCUT2D eigenvalue weighted by Crippen LogP contribution is 2.61. The van der Waals surface area contributed by atoms with Crippen molar-refractivity contribution in [2.75, 3.05) is 19.6 Å². The standard InChI is InChI=1S/C31H51N3/c1-3-7-23(8-4-1)16-28-21-32-30-33(29(22-34(28)30)17-24-9-5-2-6-10-24)12-11-31-18-25-13-26(19-31)15-27(14-25)20-31/h23-29H,1-22H2/t25?,26?,27?,28-,29+,31?/m0/s1. The largest absolute Gasteiger partial charge is 0.338 e. The first-order chi connectivity index (χ1) is 16.7. The quantitative estimate of drug-likeness (QED) is 0.394. The maximum Gasteiger partial charge on any atom is 0.197 e. The van der Waals surface area contributed by atoms with E-state index in [0.29, 0.717) is 5.41 Å². The maximum atomic E-state index is 5.30. The van der Waals surface area contributed by atoms with Crippen molar-refractivity contribution >= 4 is 5.96 Å². The lowest BCUT2D eigenvalue weighted by atomic mass is 9.49. The molecule has 8 aliphatic rings. The molecule has 0 unspecified atom stereocenters. The molecule has 0 amide bonds. The van der Waals surface area contributed by atoms with Gasteiger partial charge in [0.25, 0.3) is 0 Å². The molecule has 6 saturated carbocycles. The van der Waals surface area contributed by atoms with E-state index in [-0.39, 0.29) is 0 Å². The molecule has 7 fully saturated rings. The fourth-order valence-electron chi connectivity index (χ4n) is 10.8. The lowest BCUT2D eigenvalue weighted by Crippen LogP contribution is -2.48. The molecule has 190 valence electrons. The van der Waals surface area contributed by atoms with Crippen molar-refractivity contribution in [1.29, 1.82) is 0 Å².